The van der Waals surface area contributed by atoms with E-state index in [4.69, 9.17) is 0 Å². The lowest BCUT2D eigenvalue weighted by Crippen LogP contribution is -2.47. The summed E-state index contributed by atoms with van der Waals surface area (Å²) in [5.41, 5.74) is 0.348. The van der Waals surface area contributed by atoms with E-state index in [-0.39, 0.29) is 17.0 Å². The van der Waals surface area contributed by atoms with E-state index >= 15 is 0 Å². The van der Waals surface area contributed by atoms with Gasteiger partial charge in [-0.2, -0.15) is 4.31 Å². The molecule has 1 aromatic rings. The minimum absolute atomic E-state index is 0.0254. The average molecular weight is 346 g/mol. The first-order chi connectivity index (χ1) is 10.1. The zero-order chi connectivity index (χ0) is 16.5. The summed E-state index contributed by atoms with van der Waals surface area (Å²) in [6.07, 6.45) is 3.80. The molecule has 0 spiro atoms. The molecule has 2 atom stereocenters. The van der Waals surface area contributed by atoms with Gasteiger partial charge in [-0.3, -0.25) is 4.72 Å². The summed E-state index contributed by atoms with van der Waals surface area (Å²) in [6.45, 7) is 3.85. The lowest BCUT2D eigenvalue weighted by molar-refractivity contribution is 0.204. The predicted molar refractivity (Wildman–Crippen MR) is 86.7 cm³/mol. The highest BCUT2D eigenvalue weighted by Crippen LogP contribution is 2.29. The quantitative estimate of drug-likeness (QED) is 0.904. The first-order valence-corrected chi connectivity index (χ1v) is 10.6. The van der Waals surface area contributed by atoms with Gasteiger partial charge in [-0.05, 0) is 51.0 Å². The van der Waals surface area contributed by atoms with Crippen molar-refractivity contribution < 1.29 is 16.8 Å². The summed E-state index contributed by atoms with van der Waals surface area (Å²) >= 11 is 0. The van der Waals surface area contributed by atoms with Crippen molar-refractivity contribution in [3.8, 4) is 0 Å². The Morgan fingerprint density at radius 1 is 1.00 bits per heavy atom. The van der Waals surface area contributed by atoms with Crippen LogP contribution in [0.1, 0.15) is 33.1 Å². The second-order valence-corrected chi connectivity index (χ2v) is 9.45. The van der Waals surface area contributed by atoms with Gasteiger partial charge in [-0.1, -0.05) is 6.42 Å². The van der Waals surface area contributed by atoms with Crippen LogP contribution in [0, 0.1) is 0 Å². The van der Waals surface area contributed by atoms with Crippen LogP contribution in [0.3, 0.4) is 0 Å². The molecule has 1 aliphatic rings. The van der Waals surface area contributed by atoms with Gasteiger partial charge in [0.05, 0.1) is 11.2 Å². The van der Waals surface area contributed by atoms with Gasteiger partial charge in [0.15, 0.2) is 0 Å². The van der Waals surface area contributed by atoms with Crippen LogP contribution in [0.15, 0.2) is 29.2 Å². The van der Waals surface area contributed by atoms with Crippen LogP contribution in [-0.4, -0.2) is 39.5 Å². The standard InChI is InChI=1S/C14H22N2O4S2/c1-11-5-4-6-12(2)16(11)22(19,20)14-9-7-13(8-10-14)15-21(3,17)18/h7-12,15H,4-6H2,1-3H3. The predicted octanol–water partition coefficient (Wildman–Crippen LogP) is 2.01. The molecular formula is C14H22N2O4S2. The van der Waals surface area contributed by atoms with Crippen LogP contribution >= 0.6 is 0 Å². The number of hydrogen-bond donors (Lipinski definition) is 1. The van der Waals surface area contributed by atoms with Gasteiger partial charge in [-0.15, -0.1) is 0 Å². The van der Waals surface area contributed by atoms with E-state index in [9.17, 15) is 16.8 Å². The highest BCUT2D eigenvalue weighted by Gasteiger charge is 2.35. The van der Waals surface area contributed by atoms with Crippen molar-refractivity contribution in [2.24, 2.45) is 0 Å². The second-order valence-electron chi connectivity index (χ2n) is 5.86. The van der Waals surface area contributed by atoms with E-state index < -0.39 is 20.0 Å². The highest BCUT2D eigenvalue weighted by atomic mass is 32.2. The summed E-state index contributed by atoms with van der Waals surface area (Å²) in [4.78, 5) is 0.187. The molecular weight excluding hydrogens is 324 g/mol. The largest absolute Gasteiger partial charge is 0.284 e. The van der Waals surface area contributed by atoms with Crippen molar-refractivity contribution in [3.63, 3.8) is 0 Å². The molecule has 0 aliphatic carbocycles. The Labute approximate surface area is 132 Å². The summed E-state index contributed by atoms with van der Waals surface area (Å²) in [5.74, 6) is 0. The lowest BCUT2D eigenvalue weighted by atomic mass is 10.0. The van der Waals surface area contributed by atoms with Gasteiger partial charge in [0, 0.05) is 17.8 Å². The summed E-state index contributed by atoms with van der Waals surface area (Å²) in [6, 6.07) is 5.76. The molecule has 1 heterocycles. The maximum absolute atomic E-state index is 12.8. The summed E-state index contributed by atoms with van der Waals surface area (Å²) < 4.78 is 51.8. The monoisotopic (exact) mass is 346 g/mol. The fourth-order valence-electron chi connectivity index (χ4n) is 2.90. The van der Waals surface area contributed by atoms with E-state index in [2.05, 4.69) is 4.72 Å². The Morgan fingerprint density at radius 3 is 1.95 bits per heavy atom. The van der Waals surface area contributed by atoms with Crippen molar-refractivity contribution in [1.82, 2.24) is 4.31 Å². The van der Waals surface area contributed by atoms with Crippen LogP contribution in [-0.2, 0) is 20.0 Å². The first kappa shape index (κ1) is 17.2. The molecule has 0 saturated carbocycles. The smallest absolute Gasteiger partial charge is 0.243 e. The molecule has 1 aliphatic heterocycles. The molecule has 0 bridgehead atoms. The van der Waals surface area contributed by atoms with Crippen molar-refractivity contribution in [3.05, 3.63) is 24.3 Å². The Morgan fingerprint density at radius 2 is 1.50 bits per heavy atom. The zero-order valence-electron chi connectivity index (χ0n) is 13.0. The third-order valence-electron chi connectivity index (χ3n) is 3.85. The van der Waals surface area contributed by atoms with Gasteiger partial charge in [0.1, 0.15) is 0 Å². The van der Waals surface area contributed by atoms with Gasteiger partial charge < -0.3 is 0 Å². The molecule has 1 N–H and O–H groups in total. The fraction of sp³-hybridized carbons (Fsp3) is 0.571. The minimum Gasteiger partial charge on any atom is -0.284 e. The van der Waals surface area contributed by atoms with E-state index in [1.165, 1.54) is 24.3 Å². The number of anilines is 1. The third-order valence-corrected chi connectivity index (χ3v) is 6.59. The molecule has 1 aromatic carbocycles. The Kier molecular flexibility index (Phi) is 4.84. The number of rotatable bonds is 4. The molecule has 0 radical (unpaired) electrons. The highest BCUT2D eigenvalue weighted by molar-refractivity contribution is 7.92. The van der Waals surface area contributed by atoms with Gasteiger partial charge >= 0.3 is 0 Å². The SMILES string of the molecule is CC1CCCC(C)N1S(=O)(=O)c1ccc(NS(C)(=O)=O)cc1. The number of hydrogen-bond acceptors (Lipinski definition) is 4. The van der Waals surface area contributed by atoms with Crippen molar-refractivity contribution in [1.29, 1.82) is 0 Å². The van der Waals surface area contributed by atoms with E-state index in [0.29, 0.717) is 5.69 Å². The average Bonchev–Trinajstić information content (AvgIpc) is 2.36. The maximum Gasteiger partial charge on any atom is 0.243 e. The van der Waals surface area contributed by atoms with Crippen molar-refractivity contribution >= 4 is 25.7 Å². The molecule has 8 heteroatoms. The van der Waals surface area contributed by atoms with Gasteiger partial charge in [0.25, 0.3) is 0 Å². The Hall–Kier alpha value is -1.12. The van der Waals surface area contributed by atoms with Gasteiger partial charge in [0.2, 0.25) is 20.0 Å². The number of benzene rings is 1. The topological polar surface area (TPSA) is 83.6 Å². The molecule has 0 aromatic heterocycles. The van der Waals surface area contributed by atoms with Crippen LogP contribution in [0.25, 0.3) is 0 Å². The molecule has 124 valence electrons. The number of nitrogens with zero attached hydrogens (tertiary/aromatic N) is 1. The molecule has 6 nitrogen and oxygen atoms in total. The van der Waals surface area contributed by atoms with E-state index in [1.54, 1.807) is 4.31 Å². The number of nitrogens with one attached hydrogen (secondary N) is 1. The third kappa shape index (κ3) is 3.80. The lowest BCUT2D eigenvalue weighted by Gasteiger charge is -2.37. The van der Waals surface area contributed by atoms with Crippen molar-refractivity contribution in [2.45, 2.75) is 50.1 Å². The molecule has 1 saturated heterocycles. The zero-order valence-corrected chi connectivity index (χ0v) is 14.6. The fourth-order valence-corrected chi connectivity index (χ4v) is 5.35. The van der Waals surface area contributed by atoms with Crippen LogP contribution in [0.2, 0.25) is 0 Å². The Bertz CT molecular complexity index is 717. The van der Waals surface area contributed by atoms with Crippen LogP contribution < -0.4 is 4.72 Å². The number of sulfonamides is 2. The minimum atomic E-state index is -3.56. The van der Waals surface area contributed by atoms with E-state index in [0.717, 1.165) is 25.5 Å². The van der Waals surface area contributed by atoms with Crippen molar-refractivity contribution in [2.75, 3.05) is 11.0 Å². The molecule has 22 heavy (non-hydrogen) atoms. The normalized spacial score (nSPS) is 24.1. The first-order valence-electron chi connectivity index (χ1n) is 7.22. The summed E-state index contributed by atoms with van der Waals surface area (Å²) in [5, 5.41) is 0. The number of piperidine rings is 1. The van der Waals surface area contributed by atoms with Gasteiger partial charge in [-0.25, -0.2) is 16.8 Å². The second kappa shape index (κ2) is 6.17. The summed E-state index contributed by atoms with van der Waals surface area (Å²) in [7, 11) is -6.94. The van der Waals surface area contributed by atoms with E-state index in [1.807, 2.05) is 13.8 Å². The molecule has 0 amide bonds. The van der Waals surface area contributed by atoms with Crippen LogP contribution in [0.4, 0.5) is 5.69 Å². The van der Waals surface area contributed by atoms with Crippen LogP contribution in [0.5, 0.6) is 0 Å². The molecule has 1 fully saturated rings. The molecule has 2 rings (SSSR count). The maximum atomic E-state index is 12.8. The Balaban J connectivity index is 2.30. The molecule has 2 unspecified atom stereocenters.